The second-order valence-corrected chi connectivity index (χ2v) is 5.04. The molecule has 1 fully saturated rings. The van der Waals surface area contributed by atoms with Crippen LogP contribution < -0.4 is 4.90 Å². The van der Waals surface area contributed by atoms with Crippen LogP contribution in [0.1, 0.15) is 66.7 Å². The van der Waals surface area contributed by atoms with E-state index in [1.165, 1.54) is 30.6 Å². The fourth-order valence-corrected chi connectivity index (χ4v) is 2.20. The molecule has 5 heteroatoms. The number of hydrogen-bond acceptors (Lipinski definition) is 4. The Balaban J connectivity index is 0.000000408. The molecule has 1 aromatic rings. The molecule has 0 N–H and O–H groups in total. The largest absolute Gasteiger partial charge is 0.297 e. The zero-order valence-corrected chi connectivity index (χ0v) is 15.7. The molecule has 0 atom stereocenters. The molecule has 0 aromatic carbocycles. The van der Waals surface area contributed by atoms with Crippen molar-refractivity contribution in [3.05, 3.63) is 30.1 Å². The lowest BCUT2D eigenvalue weighted by Gasteiger charge is -2.10. The molecular formula is C19H31N3O2. The lowest BCUT2D eigenvalue weighted by Crippen LogP contribution is -2.26. The Kier molecular flexibility index (Phi) is 12.3. The molecule has 0 spiro atoms. The molecule has 5 nitrogen and oxygen atoms in total. The summed E-state index contributed by atoms with van der Waals surface area (Å²) in [6.07, 6.45) is 10.9. The van der Waals surface area contributed by atoms with Crippen LogP contribution in [-0.2, 0) is 9.59 Å². The van der Waals surface area contributed by atoms with Crippen LogP contribution in [0.15, 0.2) is 30.1 Å². The molecule has 3 rings (SSSR count). The lowest BCUT2D eigenvalue weighted by atomic mass is 10.0. The Morgan fingerprint density at radius 1 is 1.00 bits per heavy atom. The summed E-state index contributed by atoms with van der Waals surface area (Å²) in [4.78, 5) is 31.2. The van der Waals surface area contributed by atoms with Gasteiger partial charge in [-0.15, -0.1) is 0 Å². The second-order valence-electron chi connectivity index (χ2n) is 5.04. The number of aromatic nitrogens is 2. The molecule has 0 radical (unpaired) electrons. The van der Waals surface area contributed by atoms with Crippen molar-refractivity contribution in [3.8, 4) is 0 Å². The highest BCUT2D eigenvalue weighted by Gasteiger charge is 2.29. The molecule has 1 aliphatic carbocycles. The normalized spacial score (nSPS) is 15.9. The zero-order valence-electron chi connectivity index (χ0n) is 15.7. The highest BCUT2D eigenvalue weighted by atomic mass is 16.2. The predicted molar refractivity (Wildman–Crippen MR) is 98.9 cm³/mol. The van der Waals surface area contributed by atoms with Crippen molar-refractivity contribution in [3.63, 3.8) is 0 Å². The van der Waals surface area contributed by atoms with Crippen LogP contribution in [0.4, 0.5) is 5.95 Å². The molecule has 134 valence electrons. The molecule has 1 amide bonds. The number of carbonyl (C=O) groups is 2. The van der Waals surface area contributed by atoms with Crippen LogP contribution in [0, 0.1) is 0 Å². The topological polar surface area (TPSA) is 63.2 Å². The van der Waals surface area contributed by atoms with Crippen molar-refractivity contribution in [1.29, 1.82) is 0 Å². The van der Waals surface area contributed by atoms with E-state index in [0.29, 0.717) is 5.95 Å². The number of anilines is 1. The van der Waals surface area contributed by atoms with E-state index < -0.39 is 0 Å². The molecule has 1 aromatic heterocycles. The third-order valence-electron chi connectivity index (χ3n) is 3.30. The lowest BCUT2D eigenvalue weighted by molar-refractivity contribution is -0.121. The van der Waals surface area contributed by atoms with E-state index >= 15 is 0 Å². The smallest absolute Gasteiger partial charge is 0.237 e. The molecule has 2 heterocycles. The van der Waals surface area contributed by atoms with Gasteiger partial charge in [-0.1, -0.05) is 39.3 Å². The van der Waals surface area contributed by atoms with E-state index in [1.54, 1.807) is 24.0 Å². The van der Waals surface area contributed by atoms with Crippen molar-refractivity contribution in [2.45, 2.75) is 66.7 Å². The summed E-state index contributed by atoms with van der Waals surface area (Å²) in [7, 11) is 0. The minimum atomic E-state index is -0.226. The number of rotatable bonds is 1. The van der Waals surface area contributed by atoms with Crippen LogP contribution in [0.2, 0.25) is 0 Å². The Bertz CT molecular complexity index is 513. The summed E-state index contributed by atoms with van der Waals surface area (Å²) >= 11 is 0. The summed E-state index contributed by atoms with van der Waals surface area (Å²) in [5.41, 5.74) is 1.59. The highest BCUT2D eigenvalue weighted by molar-refractivity contribution is 6.14. The molecule has 1 saturated heterocycles. The average Bonchev–Trinajstić information content (AvgIpc) is 2.99. The van der Waals surface area contributed by atoms with Crippen molar-refractivity contribution in [2.24, 2.45) is 0 Å². The van der Waals surface area contributed by atoms with Gasteiger partial charge in [-0.05, 0) is 38.7 Å². The summed E-state index contributed by atoms with van der Waals surface area (Å²) in [5, 5.41) is 0. The third kappa shape index (κ3) is 7.99. The highest BCUT2D eigenvalue weighted by Crippen LogP contribution is 2.15. The van der Waals surface area contributed by atoms with E-state index in [2.05, 4.69) is 23.0 Å². The Morgan fingerprint density at radius 3 is 2.00 bits per heavy atom. The Hall–Kier alpha value is -2.04. The first kappa shape index (κ1) is 22.0. The van der Waals surface area contributed by atoms with Crippen LogP contribution in [0.5, 0.6) is 0 Å². The number of hydrogen-bond donors (Lipinski definition) is 0. The monoisotopic (exact) mass is 333 g/mol. The Labute approximate surface area is 146 Å². The van der Waals surface area contributed by atoms with Crippen LogP contribution in [-0.4, -0.2) is 28.2 Å². The molecule has 0 saturated carbocycles. The first-order valence-corrected chi connectivity index (χ1v) is 8.91. The maximum atomic E-state index is 11.2. The number of nitrogens with zero attached hydrogens (tertiary/aromatic N) is 3. The summed E-state index contributed by atoms with van der Waals surface area (Å²) in [6, 6.07) is 1.66. The average molecular weight is 333 g/mol. The van der Waals surface area contributed by atoms with E-state index in [4.69, 9.17) is 0 Å². The van der Waals surface area contributed by atoms with E-state index in [-0.39, 0.29) is 24.7 Å². The summed E-state index contributed by atoms with van der Waals surface area (Å²) < 4.78 is 0. The maximum absolute atomic E-state index is 11.2. The quantitative estimate of drug-likeness (QED) is 0.566. The van der Waals surface area contributed by atoms with Crippen molar-refractivity contribution in [2.75, 3.05) is 11.4 Å². The number of amides is 1. The zero-order chi connectivity index (χ0) is 18.4. The first-order valence-electron chi connectivity index (χ1n) is 8.91. The van der Waals surface area contributed by atoms with Gasteiger partial charge < -0.3 is 0 Å². The molecule has 0 unspecified atom stereocenters. The van der Waals surface area contributed by atoms with Crippen molar-refractivity contribution >= 4 is 17.6 Å². The van der Waals surface area contributed by atoms with Gasteiger partial charge in [0.15, 0.2) is 5.78 Å². The first-order chi connectivity index (χ1) is 11.7. The van der Waals surface area contributed by atoms with Crippen LogP contribution >= 0.6 is 0 Å². The molecular weight excluding hydrogens is 302 g/mol. The standard InChI is InChI=1S/C8H7N3O2.C7H12.2C2H6/c12-6-4-7(13)11(5-6)8-9-2-1-3-10-8;1-7-5-3-2-4-6-7;2*1-2/h1-3H,4-5H2;5H,2-4,6H2,1H3;2*1-2H3. The van der Waals surface area contributed by atoms with E-state index in [9.17, 15) is 9.59 Å². The van der Waals surface area contributed by atoms with Gasteiger partial charge in [-0.2, -0.15) is 0 Å². The SMILES string of the molecule is CC.CC.CC1=CCCCC1.O=C1CC(=O)N(c2ncccn2)C1. The maximum Gasteiger partial charge on any atom is 0.237 e. The number of carbonyl (C=O) groups excluding carboxylic acids is 2. The van der Waals surface area contributed by atoms with Gasteiger partial charge in [-0.25, -0.2) is 9.97 Å². The van der Waals surface area contributed by atoms with Gasteiger partial charge >= 0.3 is 0 Å². The van der Waals surface area contributed by atoms with Gasteiger partial charge in [0.1, 0.15) is 0 Å². The van der Waals surface area contributed by atoms with Gasteiger partial charge in [-0.3, -0.25) is 14.5 Å². The fraction of sp³-hybridized carbons (Fsp3) is 0.579. The fourth-order valence-electron chi connectivity index (χ4n) is 2.20. The van der Waals surface area contributed by atoms with E-state index in [1.807, 2.05) is 27.7 Å². The Morgan fingerprint density at radius 2 is 1.62 bits per heavy atom. The molecule has 0 bridgehead atoms. The van der Waals surface area contributed by atoms with E-state index in [0.717, 1.165) is 0 Å². The third-order valence-corrected chi connectivity index (χ3v) is 3.30. The molecule has 2 aliphatic rings. The van der Waals surface area contributed by atoms with Gasteiger partial charge in [0.25, 0.3) is 0 Å². The van der Waals surface area contributed by atoms with Crippen LogP contribution in [0.25, 0.3) is 0 Å². The predicted octanol–water partition coefficient (Wildman–Crippen LogP) is 4.34. The number of Topliss-reactive ketones (excluding diaryl/α,β-unsaturated/α-hetero) is 1. The molecule has 1 aliphatic heterocycles. The summed E-state index contributed by atoms with van der Waals surface area (Å²) in [6.45, 7) is 10.3. The van der Waals surface area contributed by atoms with Crippen LogP contribution in [0.3, 0.4) is 0 Å². The molecule has 24 heavy (non-hydrogen) atoms. The number of ketones is 1. The van der Waals surface area contributed by atoms with Crippen molar-refractivity contribution in [1.82, 2.24) is 9.97 Å². The van der Waals surface area contributed by atoms with Gasteiger partial charge in [0.2, 0.25) is 11.9 Å². The minimum Gasteiger partial charge on any atom is -0.297 e. The van der Waals surface area contributed by atoms with Gasteiger partial charge in [0, 0.05) is 12.4 Å². The van der Waals surface area contributed by atoms with Crippen molar-refractivity contribution < 1.29 is 9.59 Å². The van der Waals surface area contributed by atoms with Gasteiger partial charge in [0.05, 0.1) is 13.0 Å². The summed E-state index contributed by atoms with van der Waals surface area (Å²) in [5.74, 6) is -0.00740. The minimum absolute atomic E-state index is 0.0295. The number of allylic oxidation sites excluding steroid dienone is 2. The second kappa shape index (κ2) is 13.4.